The Hall–Kier alpha value is -0.0900. The number of hydrogen-bond acceptors (Lipinski definition) is 2. The summed E-state index contributed by atoms with van der Waals surface area (Å²) in [4.78, 5) is 2.53. The third-order valence-electron chi connectivity index (χ3n) is 3.67. The fourth-order valence-corrected chi connectivity index (χ4v) is 2.98. The third kappa shape index (κ3) is 4.54. The van der Waals surface area contributed by atoms with Crippen molar-refractivity contribution in [1.82, 2.24) is 4.90 Å². The molecule has 2 rings (SSSR count). The van der Waals surface area contributed by atoms with Crippen LogP contribution in [0.25, 0.3) is 0 Å². The highest BCUT2D eigenvalue weighted by atomic mass is 79.9. The normalized spacial score (nSPS) is 19.3. The Morgan fingerprint density at radius 2 is 2.06 bits per heavy atom. The van der Waals surface area contributed by atoms with Crippen LogP contribution in [0, 0.1) is 5.92 Å². The van der Waals surface area contributed by atoms with Crippen LogP contribution >= 0.6 is 28.3 Å². The summed E-state index contributed by atoms with van der Waals surface area (Å²) in [6, 6.07) is 8.93. The predicted molar refractivity (Wildman–Crippen MR) is 83.0 cm³/mol. The van der Waals surface area contributed by atoms with Crippen molar-refractivity contribution in [3.63, 3.8) is 0 Å². The Labute approximate surface area is 124 Å². The molecule has 0 bridgehead atoms. The molecule has 1 heterocycles. The van der Waals surface area contributed by atoms with Gasteiger partial charge >= 0.3 is 0 Å². The molecule has 4 heteroatoms. The van der Waals surface area contributed by atoms with Gasteiger partial charge in [0.25, 0.3) is 0 Å². The lowest BCUT2D eigenvalue weighted by Crippen LogP contribution is -2.39. The van der Waals surface area contributed by atoms with Gasteiger partial charge in [-0.3, -0.25) is 4.90 Å². The zero-order chi connectivity index (χ0) is 12.3. The SMILES string of the molecule is CC(N)C1CCN(Cc2cccc(Br)c2)CC1.Cl. The zero-order valence-corrected chi connectivity index (χ0v) is 13.2. The lowest BCUT2D eigenvalue weighted by molar-refractivity contribution is 0.165. The number of nitrogens with zero attached hydrogens (tertiary/aromatic N) is 1. The average molecular weight is 334 g/mol. The quantitative estimate of drug-likeness (QED) is 0.918. The molecule has 0 aliphatic carbocycles. The minimum Gasteiger partial charge on any atom is -0.328 e. The van der Waals surface area contributed by atoms with Gasteiger partial charge in [0.2, 0.25) is 0 Å². The summed E-state index contributed by atoms with van der Waals surface area (Å²) in [7, 11) is 0. The maximum absolute atomic E-state index is 5.96. The Balaban J connectivity index is 0.00000162. The molecule has 0 spiro atoms. The van der Waals surface area contributed by atoms with E-state index < -0.39 is 0 Å². The molecule has 0 aromatic heterocycles. The monoisotopic (exact) mass is 332 g/mol. The molecule has 1 aromatic rings. The van der Waals surface area contributed by atoms with Crippen molar-refractivity contribution in [3.05, 3.63) is 34.3 Å². The summed E-state index contributed by atoms with van der Waals surface area (Å²) in [5, 5.41) is 0. The molecule has 18 heavy (non-hydrogen) atoms. The molecule has 1 atom stereocenters. The van der Waals surface area contributed by atoms with Gasteiger partial charge in [-0.25, -0.2) is 0 Å². The molecule has 2 nitrogen and oxygen atoms in total. The summed E-state index contributed by atoms with van der Waals surface area (Å²) >= 11 is 3.52. The molecular weight excluding hydrogens is 312 g/mol. The molecule has 102 valence electrons. The van der Waals surface area contributed by atoms with Gasteiger partial charge in [0.15, 0.2) is 0 Å². The molecule has 0 saturated carbocycles. The van der Waals surface area contributed by atoms with Gasteiger partial charge in [-0.1, -0.05) is 28.1 Å². The smallest absolute Gasteiger partial charge is 0.0234 e. The van der Waals surface area contributed by atoms with E-state index in [2.05, 4.69) is 52.0 Å². The number of rotatable bonds is 3. The van der Waals surface area contributed by atoms with E-state index in [0.29, 0.717) is 12.0 Å². The first-order valence-electron chi connectivity index (χ1n) is 6.37. The van der Waals surface area contributed by atoms with Crippen LogP contribution in [0.1, 0.15) is 25.3 Å². The number of halogens is 2. The van der Waals surface area contributed by atoms with Crippen LogP contribution in [-0.2, 0) is 6.54 Å². The fourth-order valence-electron chi connectivity index (χ4n) is 2.53. The Morgan fingerprint density at radius 3 is 2.61 bits per heavy atom. The van der Waals surface area contributed by atoms with Crippen molar-refractivity contribution < 1.29 is 0 Å². The second-order valence-electron chi connectivity index (χ2n) is 5.10. The van der Waals surface area contributed by atoms with Gasteiger partial charge in [-0.2, -0.15) is 0 Å². The van der Waals surface area contributed by atoms with Gasteiger partial charge in [0, 0.05) is 17.1 Å². The maximum atomic E-state index is 5.96. The van der Waals surface area contributed by atoms with Crippen molar-refractivity contribution in [2.45, 2.75) is 32.4 Å². The molecule has 2 N–H and O–H groups in total. The minimum atomic E-state index is 0. The molecule has 0 radical (unpaired) electrons. The molecule has 1 aromatic carbocycles. The lowest BCUT2D eigenvalue weighted by Gasteiger charge is -2.33. The maximum Gasteiger partial charge on any atom is 0.0234 e. The van der Waals surface area contributed by atoms with E-state index in [0.717, 1.165) is 6.54 Å². The van der Waals surface area contributed by atoms with Crippen LogP contribution in [0.15, 0.2) is 28.7 Å². The third-order valence-corrected chi connectivity index (χ3v) is 4.16. The van der Waals surface area contributed by atoms with Crippen LogP contribution < -0.4 is 5.73 Å². The fraction of sp³-hybridized carbons (Fsp3) is 0.571. The van der Waals surface area contributed by atoms with Gasteiger partial charge < -0.3 is 5.73 Å². The van der Waals surface area contributed by atoms with E-state index in [1.165, 1.54) is 36.0 Å². The number of likely N-dealkylation sites (tertiary alicyclic amines) is 1. The van der Waals surface area contributed by atoms with Crippen LogP contribution in [0.5, 0.6) is 0 Å². The van der Waals surface area contributed by atoms with Crippen molar-refractivity contribution in [2.75, 3.05) is 13.1 Å². The van der Waals surface area contributed by atoms with E-state index >= 15 is 0 Å². The second-order valence-corrected chi connectivity index (χ2v) is 6.02. The summed E-state index contributed by atoms with van der Waals surface area (Å²) in [6.45, 7) is 5.55. The van der Waals surface area contributed by atoms with E-state index in [-0.39, 0.29) is 12.4 Å². The van der Waals surface area contributed by atoms with E-state index in [4.69, 9.17) is 5.73 Å². The summed E-state index contributed by atoms with van der Waals surface area (Å²) in [5.41, 5.74) is 7.35. The van der Waals surface area contributed by atoms with E-state index in [9.17, 15) is 0 Å². The Kier molecular flexibility index (Phi) is 6.64. The first-order valence-corrected chi connectivity index (χ1v) is 7.17. The molecule has 0 amide bonds. The van der Waals surface area contributed by atoms with Crippen LogP contribution in [-0.4, -0.2) is 24.0 Å². The molecule has 1 aliphatic heterocycles. The van der Waals surface area contributed by atoms with E-state index in [1.807, 2.05) is 0 Å². The van der Waals surface area contributed by atoms with Gasteiger partial charge in [-0.05, 0) is 56.5 Å². The standard InChI is InChI=1S/C14H21BrN2.ClH/c1-11(16)13-5-7-17(8-6-13)10-12-3-2-4-14(15)9-12;/h2-4,9,11,13H,5-8,10,16H2,1H3;1H. The van der Waals surface area contributed by atoms with E-state index in [1.54, 1.807) is 0 Å². The summed E-state index contributed by atoms with van der Waals surface area (Å²) < 4.78 is 1.17. The Bertz CT molecular complexity index is 363. The van der Waals surface area contributed by atoms with Crippen LogP contribution in [0.3, 0.4) is 0 Å². The highest BCUT2D eigenvalue weighted by molar-refractivity contribution is 9.10. The van der Waals surface area contributed by atoms with Crippen molar-refractivity contribution in [3.8, 4) is 0 Å². The van der Waals surface area contributed by atoms with Crippen LogP contribution in [0.2, 0.25) is 0 Å². The zero-order valence-electron chi connectivity index (χ0n) is 10.8. The van der Waals surface area contributed by atoms with Crippen molar-refractivity contribution in [2.24, 2.45) is 11.7 Å². The van der Waals surface area contributed by atoms with Gasteiger partial charge in [-0.15, -0.1) is 12.4 Å². The molecule has 1 unspecified atom stereocenters. The highest BCUT2D eigenvalue weighted by Crippen LogP contribution is 2.21. The predicted octanol–water partition coefficient (Wildman–Crippen LogP) is 3.43. The van der Waals surface area contributed by atoms with Crippen LogP contribution in [0.4, 0.5) is 0 Å². The largest absolute Gasteiger partial charge is 0.328 e. The molecular formula is C14H22BrClN2. The summed E-state index contributed by atoms with van der Waals surface area (Å²) in [6.07, 6.45) is 2.48. The number of nitrogens with two attached hydrogens (primary N) is 1. The molecule has 1 aliphatic rings. The number of benzene rings is 1. The van der Waals surface area contributed by atoms with Gasteiger partial charge in [0.05, 0.1) is 0 Å². The van der Waals surface area contributed by atoms with Crippen molar-refractivity contribution in [1.29, 1.82) is 0 Å². The number of hydrogen-bond donors (Lipinski definition) is 1. The first-order chi connectivity index (χ1) is 8.15. The van der Waals surface area contributed by atoms with Crippen molar-refractivity contribution >= 4 is 28.3 Å². The number of piperidine rings is 1. The first kappa shape index (κ1) is 16.0. The summed E-state index contributed by atoms with van der Waals surface area (Å²) in [5.74, 6) is 0.716. The molecule has 1 fully saturated rings. The van der Waals surface area contributed by atoms with Gasteiger partial charge in [0.1, 0.15) is 0 Å². The Morgan fingerprint density at radius 1 is 1.39 bits per heavy atom. The molecule has 1 saturated heterocycles. The second kappa shape index (κ2) is 7.49. The lowest BCUT2D eigenvalue weighted by atomic mass is 9.91. The average Bonchev–Trinajstić information content (AvgIpc) is 2.29. The highest BCUT2D eigenvalue weighted by Gasteiger charge is 2.21. The topological polar surface area (TPSA) is 29.3 Å². The minimum absolute atomic E-state index is 0.